The monoisotopic (exact) mass is 396 g/mol. The number of nitrogens with zero attached hydrogens (tertiary/aromatic N) is 6. The lowest BCUT2D eigenvalue weighted by molar-refractivity contribution is 0.345. The van der Waals surface area contributed by atoms with Crippen molar-refractivity contribution in [1.29, 1.82) is 5.26 Å². The molecular formula is C18H17FN8S. The smallest absolute Gasteiger partial charge is 0.186 e. The number of nitrogen functional groups attached to an aromatic ring is 1. The predicted molar refractivity (Wildman–Crippen MR) is 105 cm³/mol. The maximum Gasteiger partial charge on any atom is 0.186 e. The number of nitriles is 1. The summed E-state index contributed by atoms with van der Waals surface area (Å²) in [6, 6.07) is 3.99. The highest BCUT2D eigenvalue weighted by Crippen LogP contribution is 2.54. The Morgan fingerprint density at radius 3 is 2.96 bits per heavy atom. The second-order valence-corrected chi connectivity index (χ2v) is 8.47. The van der Waals surface area contributed by atoms with Gasteiger partial charge >= 0.3 is 0 Å². The highest BCUT2D eigenvalue weighted by molar-refractivity contribution is 7.22. The number of fused-ring (bicyclic) bond motifs is 1. The lowest BCUT2D eigenvalue weighted by Gasteiger charge is -2.35. The number of hydrogen-bond acceptors (Lipinski definition) is 9. The zero-order chi connectivity index (χ0) is 19.3. The van der Waals surface area contributed by atoms with Crippen molar-refractivity contribution in [2.24, 2.45) is 11.3 Å². The molecule has 10 heteroatoms. The van der Waals surface area contributed by atoms with Gasteiger partial charge in [-0.05, 0) is 24.7 Å². The van der Waals surface area contributed by atoms with Crippen LogP contribution >= 0.6 is 11.3 Å². The van der Waals surface area contributed by atoms with Crippen LogP contribution in [0.5, 0.6) is 0 Å². The van der Waals surface area contributed by atoms with E-state index in [4.69, 9.17) is 5.73 Å². The molecule has 0 bridgehead atoms. The van der Waals surface area contributed by atoms with Gasteiger partial charge in [0, 0.05) is 19.2 Å². The maximum atomic E-state index is 14.4. The van der Waals surface area contributed by atoms with Gasteiger partial charge in [0.2, 0.25) is 0 Å². The Bertz CT molecular complexity index is 1100. The molecule has 1 saturated heterocycles. The van der Waals surface area contributed by atoms with Crippen LogP contribution in [0.15, 0.2) is 18.6 Å². The lowest BCUT2D eigenvalue weighted by Crippen LogP contribution is -2.41. The summed E-state index contributed by atoms with van der Waals surface area (Å²) >= 11 is 1.37. The van der Waals surface area contributed by atoms with Gasteiger partial charge in [0.1, 0.15) is 28.2 Å². The van der Waals surface area contributed by atoms with E-state index < -0.39 is 5.82 Å². The first-order chi connectivity index (χ1) is 13.5. The summed E-state index contributed by atoms with van der Waals surface area (Å²) in [4.78, 5) is 18.8. The van der Waals surface area contributed by atoms with Crippen LogP contribution < -0.4 is 16.0 Å². The summed E-state index contributed by atoms with van der Waals surface area (Å²) in [6.07, 6.45) is 5.73. The minimum Gasteiger partial charge on any atom is -0.384 e. The zero-order valence-corrected chi connectivity index (χ0v) is 15.7. The summed E-state index contributed by atoms with van der Waals surface area (Å²) < 4.78 is 15.0. The molecule has 28 heavy (non-hydrogen) atoms. The third kappa shape index (κ3) is 2.97. The van der Waals surface area contributed by atoms with E-state index in [9.17, 15) is 9.65 Å². The van der Waals surface area contributed by atoms with Gasteiger partial charge in [-0.3, -0.25) is 0 Å². The first-order valence-corrected chi connectivity index (χ1v) is 9.81. The van der Waals surface area contributed by atoms with Gasteiger partial charge in [-0.2, -0.15) is 5.26 Å². The molecule has 3 N–H and O–H groups in total. The van der Waals surface area contributed by atoms with Gasteiger partial charge < -0.3 is 16.0 Å². The normalized spacial score (nSPS) is 20.3. The van der Waals surface area contributed by atoms with Crippen LogP contribution in [0.25, 0.3) is 10.2 Å². The maximum absolute atomic E-state index is 14.4. The summed E-state index contributed by atoms with van der Waals surface area (Å²) in [5.74, 6) is 0.773. The van der Waals surface area contributed by atoms with Crippen LogP contribution in [0.2, 0.25) is 0 Å². The standard InChI is InChI=1S/C18H17FN8S/c19-11-6-22-16(25-13-3-12(21)23-9-24-13)15-14(11)26-17(28-15)27-7-10(5-20)4-18(8-27)1-2-18/h3,6,9-10H,1-2,4,7-8H2,(H3,21,22,23,24,25)/t10-/m1/s1. The summed E-state index contributed by atoms with van der Waals surface area (Å²) in [6.45, 7) is 1.49. The summed E-state index contributed by atoms with van der Waals surface area (Å²) in [5.41, 5.74) is 6.19. The third-order valence-corrected chi connectivity index (χ3v) is 6.48. The highest BCUT2D eigenvalue weighted by Gasteiger charge is 2.49. The SMILES string of the molecule is N#C[C@@H]1CN(c2nc3c(F)cnc(Nc4cc(N)ncn4)c3s2)CC2(CC2)C1. The molecule has 0 amide bonds. The van der Waals surface area contributed by atoms with E-state index in [-0.39, 0.29) is 16.8 Å². The number of anilines is 4. The number of pyridine rings is 1. The van der Waals surface area contributed by atoms with Crippen LogP contribution in [0, 0.1) is 28.5 Å². The highest BCUT2D eigenvalue weighted by atomic mass is 32.1. The number of nitrogens with two attached hydrogens (primary N) is 1. The van der Waals surface area contributed by atoms with Crippen LogP contribution in [-0.4, -0.2) is 33.0 Å². The third-order valence-electron chi connectivity index (χ3n) is 5.36. The molecule has 1 saturated carbocycles. The molecule has 1 aliphatic heterocycles. The molecule has 5 rings (SSSR count). The van der Waals surface area contributed by atoms with Gasteiger partial charge in [-0.25, -0.2) is 24.3 Å². The van der Waals surface area contributed by atoms with Crippen molar-refractivity contribution in [2.45, 2.75) is 19.3 Å². The Labute approximate surface area is 164 Å². The lowest BCUT2D eigenvalue weighted by atomic mass is 9.88. The topological polar surface area (TPSA) is 117 Å². The Hall–Kier alpha value is -3.06. The van der Waals surface area contributed by atoms with Crippen molar-refractivity contribution < 1.29 is 4.39 Å². The van der Waals surface area contributed by atoms with E-state index in [1.807, 2.05) is 0 Å². The average molecular weight is 396 g/mol. The van der Waals surface area contributed by atoms with Crippen LogP contribution in [0.1, 0.15) is 19.3 Å². The van der Waals surface area contributed by atoms with E-state index >= 15 is 0 Å². The van der Waals surface area contributed by atoms with Gasteiger partial charge in [0.15, 0.2) is 16.8 Å². The average Bonchev–Trinajstić information content (AvgIpc) is 3.25. The molecule has 4 heterocycles. The van der Waals surface area contributed by atoms with Crippen molar-refractivity contribution in [3.05, 3.63) is 24.4 Å². The fraction of sp³-hybridized carbons (Fsp3) is 0.389. The van der Waals surface area contributed by atoms with Crippen molar-refractivity contribution in [3.63, 3.8) is 0 Å². The molecule has 1 atom stereocenters. The number of hydrogen-bond donors (Lipinski definition) is 2. The first-order valence-electron chi connectivity index (χ1n) is 8.99. The van der Waals surface area contributed by atoms with Crippen LogP contribution in [0.3, 0.4) is 0 Å². The fourth-order valence-corrected chi connectivity index (χ4v) is 4.84. The summed E-state index contributed by atoms with van der Waals surface area (Å²) in [5, 5.41) is 13.2. The second kappa shape index (κ2) is 6.24. The number of piperidine rings is 1. The molecule has 1 aliphatic carbocycles. The van der Waals surface area contributed by atoms with E-state index in [0.717, 1.165) is 37.1 Å². The molecule has 0 aromatic carbocycles. The fourth-order valence-electron chi connectivity index (χ4n) is 3.82. The van der Waals surface area contributed by atoms with E-state index in [1.54, 1.807) is 6.07 Å². The van der Waals surface area contributed by atoms with Gasteiger partial charge in [0.05, 0.1) is 18.2 Å². The quantitative estimate of drug-likeness (QED) is 0.694. The van der Waals surface area contributed by atoms with E-state index in [2.05, 4.69) is 36.2 Å². The molecule has 2 aliphatic rings. The molecule has 3 aromatic heterocycles. The number of nitrogens with one attached hydrogen (secondary N) is 1. The molecule has 8 nitrogen and oxygen atoms in total. The minimum absolute atomic E-state index is 0.0205. The van der Waals surface area contributed by atoms with Crippen molar-refractivity contribution in [3.8, 4) is 6.07 Å². The Morgan fingerprint density at radius 2 is 2.21 bits per heavy atom. The molecular weight excluding hydrogens is 379 g/mol. The molecule has 0 unspecified atom stereocenters. The Kier molecular flexibility index (Phi) is 3.80. The van der Waals surface area contributed by atoms with Crippen molar-refractivity contribution in [1.82, 2.24) is 19.9 Å². The Balaban J connectivity index is 1.52. The van der Waals surface area contributed by atoms with Gasteiger partial charge in [-0.15, -0.1) is 0 Å². The zero-order valence-electron chi connectivity index (χ0n) is 14.9. The van der Waals surface area contributed by atoms with Crippen molar-refractivity contribution in [2.75, 3.05) is 29.0 Å². The number of halogens is 1. The van der Waals surface area contributed by atoms with Crippen molar-refractivity contribution >= 4 is 44.1 Å². The molecule has 1 spiro atoms. The number of rotatable bonds is 3. The van der Waals surface area contributed by atoms with Gasteiger partial charge in [-0.1, -0.05) is 11.3 Å². The van der Waals surface area contributed by atoms with Crippen LogP contribution in [0.4, 0.5) is 27.0 Å². The number of aromatic nitrogens is 4. The number of thiazole rings is 1. The molecule has 142 valence electrons. The van der Waals surface area contributed by atoms with E-state index in [0.29, 0.717) is 28.7 Å². The molecule has 3 aromatic rings. The first kappa shape index (κ1) is 17.1. The van der Waals surface area contributed by atoms with E-state index in [1.165, 1.54) is 17.7 Å². The second-order valence-electron chi connectivity index (χ2n) is 7.49. The Morgan fingerprint density at radius 1 is 1.36 bits per heavy atom. The largest absolute Gasteiger partial charge is 0.384 e. The molecule has 2 fully saturated rings. The van der Waals surface area contributed by atoms with Crippen LogP contribution in [-0.2, 0) is 0 Å². The summed E-state index contributed by atoms with van der Waals surface area (Å²) in [7, 11) is 0. The minimum atomic E-state index is -0.472. The van der Waals surface area contributed by atoms with Gasteiger partial charge in [0.25, 0.3) is 0 Å². The predicted octanol–water partition coefficient (Wildman–Crippen LogP) is 3.08. The molecule has 0 radical (unpaired) electrons.